The summed E-state index contributed by atoms with van der Waals surface area (Å²) in [7, 11) is 1.51. The zero-order valence-electron chi connectivity index (χ0n) is 16.8. The van der Waals surface area contributed by atoms with Gasteiger partial charge in [0.2, 0.25) is 6.41 Å². The first kappa shape index (κ1) is 22.7. The second kappa shape index (κ2) is 10.8. The summed E-state index contributed by atoms with van der Waals surface area (Å²) in [5.41, 5.74) is 1.31. The second-order valence-corrected chi connectivity index (χ2v) is 7.61. The maximum absolute atomic E-state index is 12.7. The van der Waals surface area contributed by atoms with Gasteiger partial charge in [-0.05, 0) is 42.2 Å². The SMILES string of the molecule is COc1ccccc1N(C=O)C(CC(C)C)C(O)C(=O)NCc1cccc(Cl)c1. The van der Waals surface area contributed by atoms with Crippen molar-refractivity contribution in [3.8, 4) is 5.75 Å². The Morgan fingerprint density at radius 2 is 1.97 bits per heavy atom. The number of nitrogens with one attached hydrogen (secondary N) is 1. The molecule has 0 bridgehead atoms. The van der Waals surface area contributed by atoms with Crippen LogP contribution in [-0.2, 0) is 16.1 Å². The van der Waals surface area contributed by atoms with Gasteiger partial charge in [0.05, 0.1) is 18.8 Å². The highest BCUT2D eigenvalue weighted by atomic mass is 35.5. The highest BCUT2D eigenvalue weighted by molar-refractivity contribution is 6.30. The van der Waals surface area contributed by atoms with Crippen molar-refractivity contribution in [1.29, 1.82) is 0 Å². The van der Waals surface area contributed by atoms with E-state index in [2.05, 4.69) is 5.32 Å². The van der Waals surface area contributed by atoms with Gasteiger partial charge in [-0.2, -0.15) is 0 Å². The molecule has 0 saturated heterocycles. The lowest BCUT2D eigenvalue weighted by atomic mass is 9.96. The van der Waals surface area contributed by atoms with Crippen molar-refractivity contribution in [2.45, 2.75) is 39.0 Å². The van der Waals surface area contributed by atoms with Gasteiger partial charge in [-0.1, -0.05) is 49.7 Å². The standard InChI is InChI=1S/C22H27ClN2O4/c1-15(2)11-19(25(14-26)18-9-4-5-10-20(18)29-3)21(27)22(28)24-13-16-7-6-8-17(23)12-16/h4-10,12,14-15,19,21,27H,11,13H2,1-3H3,(H,24,28). The molecule has 2 rings (SSSR count). The molecule has 0 aliphatic rings. The lowest BCUT2D eigenvalue weighted by Crippen LogP contribution is -2.51. The van der Waals surface area contributed by atoms with Gasteiger partial charge in [-0.25, -0.2) is 0 Å². The number of hydrogen-bond donors (Lipinski definition) is 2. The number of amides is 2. The molecule has 0 aliphatic heterocycles. The summed E-state index contributed by atoms with van der Waals surface area (Å²) in [6, 6.07) is 13.4. The molecule has 0 heterocycles. The number of para-hydroxylation sites is 2. The molecule has 2 aromatic rings. The van der Waals surface area contributed by atoms with Gasteiger partial charge in [0.15, 0.2) is 6.10 Å². The van der Waals surface area contributed by atoms with E-state index in [-0.39, 0.29) is 12.5 Å². The minimum Gasteiger partial charge on any atom is -0.495 e. The molecule has 2 N–H and O–H groups in total. The Bertz CT molecular complexity index is 828. The van der Waals surface area contributed by atoms with Crippen LogP contribution in [0.15, 0.2) is 48.5 Å². The average Bonchev–Trinajstić information content (AvgIpc) is 2.71. The lowest BCUT2D eigenvalue weighted by molar-refractivity contribution is -0.131. The molecular weight excluding hydrogens is 392 g/mol. The minimum atomic E-state index is -1.41. The summed E-state index contributed by atoms with van der Waals surface area (Å²) in [6.45, 7) is 4.16. The molecule has 156 valence electrons. The monoisotopic (exact) mass is 418 g/mol. The van der Waals surface area contributed by atoms with Crippen LogP contribution in [0, 0.1) is 5.92 Å². The smallest absolute Gasteiger partial charge is 0.251 e. The summed E-state index contributed by atoms with van der Waals surface area (Å²) in [6.07, 6.45) is -0.354. The van der Waals surface area contributed by atoms with Crippen LogP contribution in [0.4, 0.5) is 5.69 Å². The summed E-state index contributed by atoms with van der Waals surface area (Å²) in [5, 5.41) is 14.1. The van der Waals surface area contributed by atoms with Crippen LogP contribution < -0.4 is 15.0 Å². The number of hydrogen-bond acceptors (Lipinski definition) is 4. The maximum Gasteiger partial charge on any atom is 0.251 e. The van der Waals surface area contributed by atoms with Crippen molar-refractivity contribution in [3.05, 3.63) is 59.1 Å². The number of carbonyl (C=O) groups is 2. The number of ether oxygens (including phenoxy) is 1. The number of carbonyl (C=O) groups excluding carboxylic acids is 2. The Hall–Kier alpha value is -2.57. The number of aliphatic hydroxyl groups is 1. The van der Waals surface area contributed by atoms with E-state index in [4.69, 9.17) is 16.3 Å². The van der Waals surface area contributed by atoms with E-state index in [0.29, 0.717) is 29.3 Å². The zero-order valence-corrected chi connectivity index (χ0v) is 17.6. The number of rotatable bonds is 10. The molecule has 0 aromatic heterocycles. The van der Waals surface area contributed by atoms with Gasteiger partial charge < -0.3 is 20.1 Å². The second-order valence-electron chi connectivity index (χ2n) is 7.17. The van der Waals surface area contributed by atoms with Gasteiger partial charge >= 0.3 is 0 Å². The predicted octanol–water partition coefficient (Wildman–Crippen LogP) is 3.40. The highest BCUT2D eigenvalue weighted by Gasteiger charge is 2.33. The molecule has 2 atom stereocenters. The van der Waals surface area contributed by atoms with Crippen LogP contribution in [0.5, 0.6) is 5.75 Å². The molecule has 29 heavy (non-hydrogen) atoms. The molecular formula is C22H27ClN2O4. The normalized spacial score (nSPS) is 12.9. The van der Waals surface area contributed by atoms with E-state index in [1.165, 1.54) is 12.0 Å². The average molecular weight is 419 g/mol. The summed E-state index contributed by atoms with van der Waals surface area (Å²) >= 11 is 5.97. The number of methoxy groups -OCH3 is 1. The third-order valence-corrected chi connectivity index (χ3v) is 4.77. The summed E-state index contributed by atoms with van der Waals surface area (Å²) < 4.78 is 5.34. The van der Waals surface area contributed by atoms with E-state index in [1.54, 1.807) is 42.5 Å². The number of halogens is 1. The van der Waals surface area contributed by atoms with Gasteiger partial charge in [0, 0.05) is 11.6 Å². The van der Waals surface area contributed by atoms with Crippen LogP contribution in [-0.4, -0.2) is 36.7 Å². The topological polar surface area (TPSA) is 78.9 Å². The number of benzene rings is 2. The van der Waals surface area contributed by atoms with E-state index >= 15 is 0 Å². The van der Waals surface area contributed by atoms with E-state index in [9.17, 15) is 14.7 Å². The fourth-order valence-corrected chi connectivity index (χ4v) is 3.36. The molecule has 0 radical (unpaired) electrons. The van der Waals surface area contributed by atoms with Crippen LogP contribution in [0.3, 0.4) is 0 Å². The Balaban J connectivity index is 2.22. The van der Waals surface area contributed by atoms with Crippen LogP contribution in [0.2, 0.25) is 5.02 Å². The van der Waals surface area contributed by atoms with Crippen LogP contribution >= 0.6 is 11.6 Å². The van der Waals surface area contributed by atoms with Gasteiger partial charge in [0.25, 0.3) is 5.91 Å². The number of nitrogens with zero attached hydrogens (tertiary/aromatic N) is 1. The quantitative estimate of drug-likeness (QED) is 0.579. The first-order valence-electron chi connectivity index (χ1n) is 9.44. The Morgan fingerprint density at radius 3 is 2.59 bits per heavy atom. The summed E-state index contributed by atoms with van der Waals surface area (Å²) in [4.78, 5) is 26.0. The van der Waals surface area contributed by atoms with Crippen molar-refractivity contribution < 1.29 is 19.4 Å². The molecule has 0 saturated carbocycles. The minimum absolute atomic E-state index is 0.146. The van der Waals surface area contributed by atoms with Crippen molar-refractivity contribution in [1.82, 2.24) is 5.32 Å². The number of anilines is 1. The number of aliphatic hydroxyl groups excluding tert-OH is 1. The first-order valence-corrected chi connectivity index (χ1v) is 9.82. The molecule has 0 aliphatic carbocycles. The molecule has 2 amide bonds. The Morgan fingerprint density at radius 1 is 1.24 bits per heavy atom. The predicted molar refractivity (Wildman–Crippen MR) is 114 cm³/mol. The van der Waals surface area contributed by atoms with Crippen molar-refractivity contribution in [2.75, 3.05) is 12.0 Å². The van der Waals surface area contributed by atoms with E-state index in [1.807, 2.05) is 19.9 Å². The highest BCUT2D eigenvalue weighted by Crippen LogP contribution is 2.30. The van der Waals surface area contributed by atoms with Gasteiger partial charge in [0.1, 0.15) is 5.75 Å². The third kappa shape index (κ3) is 6.21. The van der Waals surface area contributed by atoms with E-state index in [0.717, 1.165) is 5.56 Å². The van der Waals surface area contributed by atoms with Crippen molar-refractivity contribution in [2.24, 2.45) is 5.92 Å². The van der Waals surface area contributed by atoms with E-state index < -0.39 is 18.1 Å². The molecule has 2 unspecified atom stereocenters. The molecule has 6 nitrogen and oxygen atoms in total. The molecule has 7 heteroatoms. The molecule has 0 fully saturated rings. The molecule has 2 aromatic carbocycles. The van der Waals surface area contributed by atoms with Crippen LogP contribution in [0.25, 0.3) is 0 Å². The Labute approximate surface area is 176 Å². The largest absolute Gasteiger partial charge is 0.495 e. The fraction of sp³-hybridized carbons (Fsp3) is 0.364. The van der Waals surface area contributed by atoms with Gasteiger partial charge in [-0.3, -0.25) is 9.59 Å². The first-order chi connectivity index (χ1) is 13.9. The lowest BCUT2D eigenvalue weighted by Gasteiger charge is -2.33. The maximum atomic E-state index is 12.7. The van der Waals surface area contributed by atoms with Gasteiger partial charge in [-0.15, -0.1) is 0 Å². The van der Waals surface area contributed by atoms with Crippen LogP contribution in [0.1, 0.15) is 25.8 Å². The zero-order chi connectivity index (χ0) is 21.4. The Kier molecular flexibility index (Phi) is 8.49. The fourth-order valence-electron chi connectivity index (χ4n) is 3.15. The third-order valence-electron chi connectivity index (χ3n) is 4.54. The summed E-state index contributed by atoms with van der Waals surface area (Å²) in [5.74, 6) is 0.0739. The van der Waals surface area contributed by atoms with Crippen molar-refractivity contribution in [3.63, 3.8) is 0 Å². The van der Waals surface area contributed by atoms with Crippen molar-refractivity contribution >= 4 is 29.6 Å². The molecule has 0 spiro atoms.